The van der Waals surface area contributed by atoms with Gasteiger partial charge in [0.2, 0.25) is 0 Å². The van der Waals surface area contributed by atoms with Crippen molar-refractivity contribution in [2.24, 2.45) is 10.9 Å². The predicted octanol–water partition coefficient (Wildman–Crippen LogP) is 6.47. The Morgan fingerprint density at radius 2 is 2.06 bits per heavy atom. The molecule has 1 aliphatic heterocycles. The van der Waals surface area contributed by atoms with Crippen LogP contribution in [-0.4, -0.2) is 29.7 Å². The van der Waals surface area contributed by atoms with E-state index >= 15 is 0 Å². The van der Waals surface area contributed by atoms with E-state index in [0.717, 1.165) is 24.0 Å². The van der Waals surface area contributed by atoms with E-state index in [1.54, 1.807) is 29.0 Å². The van der Waals surface area contributed by atoms with Crippen LogP contribution in [0.15, 0.2) is 56.7 Å². The van der Waals surface area contributed by atoms with Gasteiger partial charge < -0.3 is 13.9 Å². The Morgan fingerprint density at radius 1 is 1.23 bits per heavy atom. The Balaban J connectivity index is 1.54. The third kappa shape index (κ3) is 6.18. The fourth-order valence-electron chi connectivity index (χ4n) is 3.77. The standard InChI is InChI=1S/C25H23BrCl2N2O5/c1-2-3-7-34-25(32)29-24-30(6-8-33-24)13-16-10-18-22(31)17(14-35-23(18)19(26)11-16)9-15-4-5-20(27)21(28)12-15/h4-6,8,10-12,17H,2-3,7,9,13-14H2,1H3/t17-/m0/s1. The molecule has 10 heteroatoms. The molecule has 0 saturated carbocycles. The highest BCUT2D eigenvalue weighted by Gasteiger charge is 2.31. The third-order valence-corrected chi connectivity index (χ3v) is 6.89. The first-order valence-electron chi connectivity index (χ1n) is 11.1. The minimum atomic E-state index is -0.706. The topological polar surface area (TPSA) is 83.0 Å². The first-order chi connectivity index (χ1) is 16.9. The van der Waals surface area contributed by atoms with Gasteiger partial charge in [-0.25, -0.2) is 4.79 Å². The maximum Gasteiger partial charge on any atom is 0.438 e. The number of hydrogen-bond donors (Lipinski definition) is 0. The van der Waals surface area contributed by atoms with Gasteiger partial charge in [0, 0.05) is 6.20 Å². The van der Waals surface area contributed by atoms with E-state index in [1.165, 1.54) is 6.26 Å². The zero-order valence-corrected chi connectivity index (χ0v) is 22.0. The van der Waals surface area contributed by atoms with Crippen molar-refractivity contribution in [1.29, 1.82) is 0 Å². The van der Waals surface area contributed by atoms with Gasteiger partial charge in [-0.3, -0.25) is 9.36 Å². The number of Topliss-reactive ketones (excluding diaryl/α,β-unsaturated/α-hetero) is 1. The molecule has 2 aromatic carbocycles. The number of ether oxygens (including phenoxy) is 2. The third-order valence-electron chi connectivity index (χ3n) is 5.56. The van der Waals surface area contributed by atoms with Crippen LogP contribution < -0.4 is 10.4 Å². The summed E-state index contributed by atoms with van der Waals surface area (Å²) in [7, 11) is 0. The molecule has 0 spiro atoms. The zero-order chi connectivity index (χ0) is 24.9. The van der Waals surface area contributed by atoms with Gasteiger partial charge in [-0.1, -0.05) is 42.6 Å². The number of unbranched alkanes of at least 4 members (excludes halogenated alkanes) is 1. The van der Waals surface area contributed by atoms with Crippen molar-refractivity contribution in [2.75, 3.05) is 13.2 Å². The van der Waals surface area contributed by atoms with Crippen LogP contribution in [0.1, 0.15) is 41.3 Å². The van der Waals surface area contributed by atoms with Crippen molar-refractivity contribution in [2.45, 2.75) is 32.7 Å². The van der Waals surface area contributed by atoms with E-state index in [4.69, 9.17) is 37.1 Å². The molecule has 0 N–H and O–H groups in total. The lowest BCUT2D eigenvalue weighted by Crippen LogP contribution is -2.30. The van der Waals surface area contributed by atoms with Gasteiger partial charge in [-0.15, -0.1) is 4.99 Å². The van der Waals surface area contributed by atoms with Crippen LogP contribution in [0.4, 0.5) is 4.79 Å². The number of fused-ring (bicyclic) bond motifs is 1. The minimum Gasteiger partial charge on any atom is -0.491 e. The molecule has 1 aromatic heterocycles. The second-order valence-electron chi connectivity index (χ2n) is 8.17. The van der Waals surface area contributed by atoms with Gasteiger partial charge in [0.25, 0.3) is 0 Å². The Labute approximate surface area is 220 Å². The van der Waals surface area contributed by atoms with Gasteiger partial charge in [-0.05, 0) is 64.2 Å². The van der Waals surface area contributed by atoms with Gasteiger partial charge >= 0.3 is 11.8 Å². The molecule has 0 radical (unpaired) electrons. The summed E-state index contributed by atoms with van der Waals surface area (Å²) in [5, 5.41) is 0.920. The zero-order valence-electron chi connectivity index (χ0n) is 18.9. The fourth-order valence-corrected chi connectivity index (χ4v) is 4.71. The van der Waals surface area contributed by atoms with E-state index in [-0.39, 0.29) is 24.0 Å². The molecule has 3 aromatic rings. The van der Waals surface area contributed by atoms with Gasteiger partial charge in [0.05, 0.1) is 45.8 Å². The van der Waals surface area contributed by atoms with Crippen molar-refractivity contribution in [3.05, 3.63) is 79.7 Å². The number of ketones is 1. The van der Waals surface area contributed by atoms with Crippen LogP contribution in [-0.2, 0) is 17.7 Å². The van der Waals surface area contributed by atoms with Crippen molar-refractivity contribution >= 4 is 51.0 Å². The molecule has 1 atom stereocenters. The van der Waals surface area contributed by atoms with E-state index in [1.807, 2.05) is 19.1 Å². The first kappa shape index (κ1) is 25.5. The molecule has 1 aliphatic rings. The highest BCUT2D eigenvalue weighted by molar-refractivity contribution is 9.10. The molecule has 1 amide bonds. The molecule has 184 valence electrons. The number of benzene rings is 2. The number of halogens is 3. The molecule has 0 fully saturated rings. The summed E-state index contributed by atoms with van der Waals surface area (Å²) in [5.41, 5.74) is 2.32. The number of amides is 1. The minimum absolute atomic E-state index is 0.0125. The Bertz CT molecular complexity index is 1320. The lowest BCUT2D eigenvalue weighted by atomic mass is 9.89. The number of hydrogen-bond acceptors (Lipinski definition) is 5. The number of carbonyl (C=O) groups is 2. The average Bonchev–Trinajstić information content (AvgIpc) is 3.25. The molecule has 4 rings (SSSR count). The summed E-state index contributed by atoms with van der Waals surface area (Å²) >= 11 is 15.7. The lowest BCUT2D eigenvalue weighted by Gasteiger charge is -2.26. The number of aromatic nitrogens is 1. The number of nitrogens with zero attached hydrogens (tertiary/aromatic N) is 2. The van der Waals surface area contributed by atoms with Crippen LogP contribution in [0, 0.1) is 5.92 Å². The van der Waals surface area contributed by atoms with E-state index in [9.17, 15) is 9.59 Å². The Kier molecular flexibility index (Phi) is 8.36. The molecule has 7 nitrogen and oxygen atoms in total. The molecular formula is C25H23BrCl2N2O5. The van der Waals surface area contributed by atoms with Crippen LogP contribution >= 0.6 is 39.1 Å². The van der Waals surface area contributed by atoms with Crippen molar-refractivity contribution in [3.63, 3.8) is 0 Å². The van der Waals surface area contributed by atoms with Crippen LogP contribution in [0.2, 0.25) is 10.0 Å². The second kappa shape index (κ2) is 11.5. The Morgan fingerprint density at radius 3 is 2.83 bits per heavy atom. The SMILES string of the molecule is CCCCOC(=O)N=c1occn1Cc1cc(Br)c2c(c1)C(=O)[C@@H](Cc1ccc(Cl)c(Cl)c1)CO2. The highest BCUT2D eigenvalue weighted by atomic mass is 79.9. The molecule has 0 bridgehead atoms. The van der Waals surface area contributed by atoms with Gasteiger partial charge in [0.1, 0.15) is 12.0 Å². The summed E-state index contributed by atoms with van der Waals surface area (Å²) in [6.45, 7) is 2.91. The second-order valence-corrected chi connectivity index (χ2v) is 9.84. The van der Waals surface area contributed by atoms with E-state index < -0.39 is 6.09 Å². The van der Waals surface area contributed by atoms with Gasteiger partial charge in [-0.2, -0.15) is 0 Å². The summed E-state index contributed by atoms with van der Waals surface area (Å²) in [6.07, 6.45) is 4.56. The van der Waals surface area contributed by atoms with Crippen molar-refractivity contribution < 1.29 is 23.5 Å². The van der Waals surface area contributed by atoms with Crippen molar-refractivity contribution in [3.8, 4) is 5.75 Å². The maximum absolute atomic E-state index is 13.4. The van der Waals surface area contributed by atoms with Crippen LogP contribution in [0.5, 0.6) is 5.75 Å². The normalized spacial score (nSPS) is 15.6. The summed E-state index contributed by atoms with van der Waals surface area (Å²) < 4.78 is 18.7. The number of rotatable bonds is 7. The molecule has 0 unspecified atom stereocenters. The molecule has 0 saturated heterocycles. The maximum atomic E-state index is 13.4. The number of oxazole rings is 1. The molecule has 35 heavy (non-hydrogen) atoms. The monoisotopic (exact) mass is 580 g/mol. The average molecular weight is 582 g/mol. The number of carbonyl (C=O) groups excluding carboxylic acids is 2. The summed E-state index contributed by atoms with van der Waals surface area (Å²) in [4.78, 5) is 29.2. The van der Waals surface area contributed by atoms with E-state index in [0.29, 0.717) is 45.4 Å². The summed E-state index contributed by atoms with van der Waals surface area (Å²) in [6, 6.07) is 9.02. The van der Waals surface area contributed by atoms with Crippen LogP contribution in [0.3, 0.4) is 0 Å². The van der Waals surface area contributed by atoms with Crippen LogP contribution in [0.25, 0.3) is 0 Å². The quantitative estimate of drug-likeness (QED) is 0.299. The largest absolute Gasteiger partial charge is 0.491 e. The first-order valence-corrected chi connectivity index (χ1v) is 12.7. The highest BCUT2D eigenvalue weighted by Crippen LogP contribution is 2.37. The smallest absolute Gasteiger partial charge is 0.438 e. The molecular weight excluding hydrogens is 559 g/mol. The lowest BCUT2D eigenvalue weighted by molar-refractivity contribution is 0.0829. The Hall–Kier alpha value is -2.55. The molecule has 2 heterocycles. The van der Waals surface area contributed by atoms with Crippen molar-refractivity contribution in [1.82, 2.24) is 4.57 Å². The fraction of sp³-hybridized carbons (Fsp3) is 0.320. The predicted molar refractivity (Wildman–Crippen MR) is 135 cm³/mol. The molecule has 0 aliphatic carbocycles. The summed E-state index contributed by atoms with van der Waals surface area (Å²) in [5.74, 6) is 0.152. The van der Waals surface area contributed by atoms with E-state index in [2.05, 4.69) is 20.9 Å². The van der Waals surface area contributed by atoms with Gasteiger partial charge in [0.15, 0.2) is 5.78 Å².